The number of halogens is 1. The van der Waals surface area contributed by atoms with Gasteiger partial charge in [0.05, 0.1) is 23.4 Å². The monoisotopic (exact) mass is 276 g/mol. The van der Waals surface area contributed by atoms with Gasteiger partial charge in [0.15, 0.2) is 0 Å². The molecule has 0 spiro atoms. The van der Waals surface area contributed by atoms with Gasteiger partial charge in [-0.1, -0.05) is 36.7 Å². The molecule has 0 saturated carbocycles. The average molecular weight is 277 g/mol. The summed E-state index contributed by atoms with van der Waals surface area (Å²) in [7, 11) is 0. The molecule has 100 valence electrons. The average Bonchev–Trinajstić information content (AvgIpc) is 2.45. The summed E-state index contributed by atoms with van der Waals surface area (Å²) in [5.74, 6) is 0.790. The van der Waals surface area contributed by atoms with E-state index in [4.69, 9.17) is 22.1 Å². The summed E-state index contributed by atoms with van der Waals surface area (Å²) in [4.78, 5) is 4.26. The van der Waals surface area contributed by atoms with Crippen LogP contribution in [0, 0.1) is 0 Å². The Morgan fingerprint density at radius 1 is 1.26 bits per heavy atom. The third-order valence-corrected chi connectivity index (χ3v) is 3.12. The van der Waals surface area contributed by atoms with E-state index in [0.717, 1.165) is 17.7 Å². The van der Waals surface area contributed by atoms with Crippen molar-refractivity contribution in [1.82, 2.24) is 4.98 Å². The highest BCUT2D eigenvalue weighted by Crippen LogP contribution is 2.30. The summed E-state index contributed by atoms with van der Waals surface area (Å²) >= 11 is 6.14. The molecule has 0 aliphatic carbocycles. The van der Waals surface area contributed by atoms with E-state index in [9.17, 15) is 0 Å². The zero-order chi connectivity index (χ0) is 13.7. The number of nitrogens with two attached hydrogens (primary N) is 1. The SMILES string of the molecule is CCCOc1ccccc1C(N)c1ncccc1Cl. The number of nitrogens with zero attached hydrogens (tertiary/aromatic N) is 1. The van der Waals surface area contributed by atoms with Crippen molar-refractivity contribution in [3.63, 3.8) is 0 Å². The first-order chi connectivity index (χ1) is 9.24. The Balaban J connectivity index is 2.33. The quantitative estimate of drug-likeness (QED) is 0.908. The van der Waals surface area contributed by atoms with Crippen LogP contribution >= 0.6 is 11.6 Å². The molecular weight excluding hydrogens is 260 g/mol. The molecular formula is C15H17ClN2O. The molecule has 0 aliphatic heterocycles. The van der Waals surface area contributed by atoms with Crippen molar-refractivity contribution in [3.05, 3.63) is 58.9 Å². The molecule has 2 rings (SSSR count). The fourth-order valence-corrected chi connectivity index (χ4v) is 2.09. The largest absolute Gasteiger partial charge is 0.493 e. The number of pyridine rings is 1. The molecule has 0 bridgehead atoms. The molecule has 1 unspecified atom stereocenters. The second kappa shape index (κ2) is 6.55. The minimum Gasteiger partial charge on any atom is -0.493 e. The summed E-state index contributed by atoms with van der Waals surface area (Å²) in [6.07, 6.45) is 2.64. The maximum Gasteiger partial charge on any atom is 0.124 e. The zero-order valence-electron chi connectivity index (χ0n) is 10.8. The smallest absolute Gasteiger partial charge is 0.124 e. The van der Waals surface area contributed by atoms with Crippen LogP contribution in [-0.2, 0) is 0 Å². The van der Waals surface area contributed by atoms with Gasteiger partial charge in [0.2, 0.25) is 0 Å². The second-order valence-electron chi connectivity index (χ2n) is 4.23. The number of para-hydroxylation sites is 1. The summed E-state index contributed by atoms with van der Waals surface area (Å²) in [6, 6.07) is 10.9. The number of aromatic nitrogens is 1. The van der Waals surface area contributed by atoms with E-state index < -0.39 is 0 Å². The van der Waals surface area contributed by atoms with Gasteiger partial charge >= 0.3 is 0 Å². The van der Waals surface area contributed by atoms with E-state index in [1.807, 2.05) is 24.3 Å². The van der Waals surface area contributed by atoms with Gasteiger partial charge in [-0.3, -0.25) is 4.98 Å². The van der Waals surface area contributed by atoms with Gasteiger partial charge in [-0.25, -0.2) is 0 Å². The molecule has 4 heteroatoms. The molecule has 0 saturated heterocycles. The lowest BCUT2D eigenvalue weighted by Crippen LogP contribution is -2.15. The number of hydrogen-bond donors (Lipinski definition) is 1. The Kier molecular flexibility index (Phi) is 4.77. The van der Waals surface area contributed by atoms with Crippen molar-refractivity contribution in [3.8, 4) is 5.75 Å². The second-order valence-corrected chi connectivity index (χ2v) is 4.64. The Bertz CT molecular complexity index is 545. The van der Waals surface area contributed by atoms with E-state index in [1.165, 1.54) is 0 Å². The van der Waals surface area contributed by atoms with Crippen molar-refractivity contribution in [2.75, 3.05) is 6.61 Å². The summed E-state index contributed by atoms with van der Waals surface area (Å²) < 4.78 is 5.72. The van der Waals surface area contributed by atoms with Crippen LogP contribution in [0.5, 0.6) is 5.75 Å². The Labute approximate surface area is 118 Å². The molecule has 1 aromatic heterocycles. The van der Waals surface area contributed by atoms with Crippen LogP contribution < -0.4 is 10.5 Å². The molecule has 0 amide bonds. The zero-order valence-corrected chi connectivity index (χ0v) is 11.6. The van der Waals surface area contributed by atoms with Crippen LogP contribution in [0.4, 0.5) is 0 Å². The fraction of sp³-hybridized carbons (Fsp3) is 0.267. The molecule has 1 atom stereocenters. The standard InChI is InChI=1S/C15H17ClN2O/c1-2-10-19-13-8-4-3-6-11(13)14(17)15-12(16)7-5-9-18-15/h3-9,14H,2,10,17H2,1H3. The van der Waals surface area contributed by atoms with Crippen LogP contribution in [0.3, 0.4) is 0 Å². The predicted octanol–water partition coefficient (Wildman–Crippen LogP) is 3.57. The highest BCUT2D eigenvalue weighted by molar-refractivity contribution is 6.31. The summed E-state index contributed by atoms with van der Waals surface area (Å²) in [6.45, 7) is 2.73. The Hall–Kier alpha value is -1.58. The van der Waals surface area contributed by atoms with E-state index in [-0.39, 0.29) is 6.04 Å². The first-order valence-electron chi connectivity index (χ1n) is 6.31. The highest BCUT2D eigenvalue weighted by Gasteiger charge is 2.17. The third-order valence-electron chi connectivity index (χ3n) is 2.80. The van der Waals surface area contributed by atoms with Gasteiger partial charge < -0.3 is 10.5 Å². The van der Waals surface area contributed by atoms with Crippen molar-refractivity contribution < 1.29 is 4.74 Å². The van der Waals surface area contributed by atoms with Gasteiger partial charge in [0.25, 0.3) is 0 Å². The lowest BCUT2D eigenvalue weighted by Gasteiger charge is -2.17. The molecule has 1 heterocycles. The van der Waals surface area contributed by atoms with Crippen LogP contribution in [0.2, 0.25) is 5.02 Å². The van der Waals surface area contributed by atoms with Gasteiger partial charge in [-0.2, -0.15) is 0 Å². The van der Waals surface area contributed by atoms with Crippen LogP contribution in [0.1, 0.15) is 30.6 Å². The first-order valence-corrected chi connectivity index (χ1v) is 6.69. The van der Waals surface area contributed by atoms with Crippen LogP contribution in [0.25, 0.3) is 0 Å². The van der Waals surface area contributed by atoms with Gasteiger partial charge in [-0.15, -0.1) is 0 Å². The lowest BCUT2D eigenvalue weighted by atomic mass is 10.0. The highest BCUT2D eigenvalue weighted by atomic mass is 35.5. The minimum absolute atomic E-state index is 0.387. The third kappa shape index (κ3) is 3.25. The molecule has 19 heavy (non-hydrogen) atoms. The number of rotatable bonds is 5. The maximum atomic E-state index is 6.26. The van der Waals surface area contributed by atoms with Crippen LogP contribution in [0.15, 0.2) is 42.6 Å². The molecule has 1 aromatic carbocycles. The number of hydrogen-bond acceptors (Lipinski definition) is 3. The molecule has 2 N–H and O–H groups in total. The van der Waals surface area contributed by atoms with Gasteiger partial charge in [0, 0.05) is 11.8 Å². The van der Waals surface area contributed by atoms with Gasteiger partial charge in [-0.05, 0) is 24.6 Å². The van der Waals surface area contributed by atoms with Crippen molar-refractivity contribution in [2.45, 2.75) is 19.4 Å². The van der Waals surface area contributed by atoms with Crippen molar-refractivity contribution in [1.29, 1.82) is 0 Å². The molecule has 0 aliphatic rings. The Morgan fingerprint density at radius 3 is 2.79 bits per heavy atom. The van der Waals surface area contributed by atoms with Crippen molar-refractivity contribution >= 4 is 11.6 Å². The molecule has 3 nitrogen and oxygen atoms in total. The predicted molar refractivity (Wildman–Crippen MR) is 77.5 cm³/mol. The number of ether oxygens (including phenoxy) is 1. The van der Waals surface area contributed by atoms with Gasteiger partial charge in [0.1, 0.15) is 5.75 Å². The minimum atomic E-state index is -0.387. The molecule has 2 aromatic rings. The van der Waals surface area contributed by atoms with E-state index in [0.29, 0.717) is 17.3 Å². The topological polar surface area (TPSA) is 48.1 Å². The molecule has 0 radical (unpaired) electrons. The van der Waals surface area contributed by atoms with E-state index in [1.54, 1.807) is 18.3 Å². The van der Waals surface area contributed by atoms with E-state index in [2.05, 4.69) is 11.9 Å². The first kappa shape index (κ1) is 13.8. The molecule has 0 fully saturated rings. The van der Waals surface area contributed by atoms with Crippen molar-refractivity contribution in [2.24, 2.45) is 5.73 Å². The van der Waals surface area contributed by atoms with Crippen LogP contribution in [-0.4, -0.2) is 11.6 Å². The summed E-state index contributed by atoms with van der Waals surface area (Å²) in [5.41, 5.74) is 7.83. The summed E-state index contributed by atoms with van der Waals surface area (Å²) in [5, 5.41) is 0.570. The van der Waals surface area contributed by atoms with E-state index >= 15 is 0 Å². The Morgan fingerprint density at radius 2 is 2.05 bits per heavy atom. The normalized spacial score (nSPS) is 12.2. The maximum absolute atomic E-state index is 6.26. The lowest BCUT2D eigenvalue weighted by molar-refractivity contribution is 0.313. The fourth-order valence-electron chi connectivity index (χ4n) is 1.85. The number of benzene rings is 1.